The Morgan fingerprint density at radius 2 is 1.90 bits per heavy atom. The quantitative estimate of drug-likeness (QED) is 0.924. The maximum atomic E-state index is 12.5. The van der Waals surface area contributed by atoms with Crippen molar-refractivity contribution in [1.82, 2.24) is 10.3 Å². The molecular weight excluding hydrogens is 285 g/mol. The molecule has 0 radical (unpaired) electrons. The van der Waals surface area contributed by atoms with Crippen molar-refractivity contribution in [2.75, 3.05) is 7.05 Å². The maximum Gasteiger partial charge on any atom is 0.416 e. The Morgan fingerprint density at radius 1 is 1.25 bits per heavy atom. The van der Waals surface area contributed by atoms with E-state index in [0.717, 1.165) is 28.4 Å². The van der Waals surface area contributed by atoms with Gasteiger partial charge in [-0.15, -0.1) is 11.3 Å². The summed E-state index contributed by atoms with van der Waals surface area (Å²) in [4.78, 5) is 4.38. The fourth-order valence-electron chi connectivity index (χ4n) is 1.96. The Balaban J connectivity index is 2.15. The highest BCUT2D eigenvalue weighted by atomic mass is 32.1. The van der Waals surface area contributed by atoms with Gasteiger partial charge >= 0.3 is 6.18 Å². The molecule has 0 saturated carbocycles. The van der Waals surface area contributed by atoms with Crippen molar-refractivity contribution in [3.05, 3.63) is 51.5 Å². The van der Waals surface area contributed by atoms with Gasteiger partial charge in [0.25, 0.3) is 0 Å². The lowest BCUT2D eigenvalue weighted by Gasteiger charge is -2.16. The second-order valence-electron chi connectivity index (χ2n) is 4.55. The van der Waals surface area contributed by atoms with Crippen LogP contribution in [0, 0.1) is 6.92 Å². The molecule has 1 heterocycles. The van der Waals surface area contributed by atoms with Crippen LogP contribution in [0.1, 0.15) is 27.9 Å². The number of thiazole rings is 1. The van der Waals surface area contributed by atoms with Gasteiger partial charge in [-0.25, -0.2) is 4.98 Å². The van der Waals surface area contributed by atoms with Gasteiger partial charge in [0, 0.05) is 23.5 Å². The number of nitrogens with zero attached hydrogens (tertiary/aromatic N) is 1. The van der Waals surface area contributed by atoms with Crippen LogP contribution in [-0.4, -0.2) is 12.0 Å². The number of nitrogens with one attached hydrogen (secondary N) is 1. The zero-order valence-electron chi connectivity index (χ0n) is 11.2. The van der Waals surface area contributed by atoms with Crippen LogP contribution in [0.3, 0.4) is 0 Å². The molecule has 6 heteroatoms. The number of alkyl halides is 3. The summed E-state index contributed by atoms with van der Waals surface area (Å²) in [5.74, 6) is 0. The first kappa shape index (κ1) is 15.0. The van der Waals surface area contributed by atoms with Gasteiger partial charge in [-0.1, -0.05) is 12.1 Å². The van der Waals surface area contributed by atoms with E-state index in [-0.39, 0.29) is 6.04 Å². The van der Waals surface area contributed by atoms with Crippen molar-refractivity contribution < 1.29 is 13.2 Å². The fraction of sp³-hybridized carbons (Fsp3) is 0.357. The Labute approximate surface area is 119 Å². The van der Waals surface area contributed by atoms with E-state index < -0.39 is 11.7 Å². The Kier molecular flexibility index (Phi) is 4.45. The topological polar surface area (TPSA) is 24.9 Å². The van der Waals surface area contributed by atoms with Crippen molar-refractivity contribution >= 4 is 11.3 Å². The van der Waals surface area contributed by atoms with Gasteiger partial charge in [0.2, 0.25) is 0 Å². The van der Waals surface area contributed by atoms with Crippen molar-refractivity contribution in [3.8, 4) is 0 Å². The van der Waals surface area contributed by atoms with Crippen LogP contribution in [0.25, 0.3) is 0 Å². The van der Waals surface area contributed by atoms with Crippen LogP contribution in [0.2, 0.25) is 0 Å². The molecule has 108 valence electrons. The summed E-state index contributed by atoms with van der Waals surface area (Å²) in [6.07, 6.45) is -3.62. The fourth-order valence-corrected chi connectivity index (χ4v) is 2.78. The van der Waals surface area contributed by atoms with Crippen LogP contribution in [0.5, 0.6) is 0 Å². The molecule has 1 unspecified atom stereocenters. The van der Waals surface area contributed by atoms with Gasteiger partial charge in [-0.05, 0) is 31.7 Å². The number of aryl methyl sites for hydroxylation is 1. The molecule has 0 bridgehead atoms. The minimum atomic E-state index is -4.29. The first-order chi connectivity index (χ1) is 9.40. The number of rotatable bonds is 4. The Morgan fingerprint density at radius 3 is 2.35 bits per heavy atom. The van der Waals surface area contributed by atoms with Crippen molar-refractivity contribution in [3.63, 3.8) is 0 Å². The highest BCUT2D eigenvalue weighted by molar-refractivity contribution is 7.09. The Bertz CT molecular complexity index is 561. The predicted octanol–water partition coefficient (Wildman–Crippen LogP) is 3.97. The summed E-state index contributed by atoms with van der Waals surface area (Å²) < 4.78 is 37.6. The summed E-state index contributed by atoms with van der Waals surface area (Å²) in [6, 6.07) is 5.23. The van der Waals surface area contributed by atoms with Gasteiger partial charge in [0.15, 0.2) is 0 Å². The zero-order chi connectivity index (χ0) is 14.8. The lowest BCUT2D eigenvalue weighted by molar-refractivity contribution is -0.137. The third kappa shape index (κ3) is 3.58. The summed E-state index contributed by atoms with van der Waals surface area (Å²) in [5, 5.41) is 6.06. The van der Waals surface area contributed by atoms with E-state index in [1.54, 1.807) is 18.4 Å². The number of benzene rings is 1. The second kappa shape index (κ2) is 5.93. The summed E-state index contributed by atoms with van der Waals surface area (Å²) >= 11 is 1.56. The molecule has 2 rings (SSSR count). The molecule has 0 fully saturated rings. The predicted molar refractivity (Wildman–Crippen MR) is 73.8 cm³/mol. The minimum Gasteiger partial charge on any atom is -0.313 e. The van der Waals surface area contributed by atoms with Crippen LogP contribution < -0.4 is 5.32 Å². The SMILES string of the molecule is CNC(Cc1nc(C)cs1)c1ccc(C(F)(F)F)cc1. The number of likely N-dealkylation sites (N-methyl/N-ethyl adjacent to an activating group) is 1. The largest absolute Gasteiger partial charge is 0.416 e. The minimum absolute atomic E-state index is 0.0390. The molecule has 2 nitrogen and oxygen atoms in total. The molecule has 0 spiro atoms. The first-order valence-electron chi connectivity index (χ1n) is 6.15. The van der Waals surface area contributed by atoms with Crippen LogP contribution >= 0.6 is 11.3 Å². The van der Waals surface area contributed by atoms with E-state index in [0.29, 0.717) is 6.42 Å². The van der Waals surface area contributed by atoms with Crippen molar-refractivity contribution in [2.45, 2.75) is 25.6 Å². The van der Waals surface area contributed by atoms with Crippen LogP contribution in [0.15, 0.2) is 29.6 Å². The van der Waals surface area contributed by atoms with Crippen LogP contribution in [-0.2, 0) is 12.6 Å². The molecule has 1 aromatic heterocycles. The third-order valence-corrected chi connectivity index (χ3v) is 4.02. The van der Waals surface area contributed by atoms with Crippen molar-refractivity contribution in [2.24, 2.45) is 0 Å². The monoisotopic (exact) mass is 300 g/mol. The molecule has 2 aromatic rings. The van der Waals surface area contributed by atoms with Crippen LogP contribution in [0.4, 0.5) is 13.2 Å². The molecule has 0 amide bonds. The number of halogens is 3. The maximum absolute atomic E-state index is 12.5. The van der Waals surface area contributed by atoms with Gasteiger partial charge in [0.1, 0.15) is 0 Å². The molecule has 0 aliphatic heterocycles. The number of hydrogen-bond donors (Lipinski definition) is 1. The Hall–Kier alpha value is -1.40. The van der Waals surface area contributed by atoms with Gasteiger partial charge in [-0.2, -0.15) is 13.2 Å². The van der Waals surface area contributed by atoms with Gasteiger partial charge in [0.05, 0.1) is 10.6 Å². The lowest BCUT2D eigenvalue weighted by atomic mass is 10.0. The molecule has 0 saturated heterocycles. The van der Waals surface area contributed by atoms with E-state index in [1.165, 1.54) is 12.1 Å². The van der Waals surface area contributed by atoms with Gasteiger partial charge < -0.3 is 5.32 Å². The number of aromatic nitrogens is 1. The van der Waals surface area contributed by atoms with E-state index >= 15 is 0 Å². The van der Waals surface area contributed by atoms with E-state index in [4.69, 9.17) is 0 Å². The normalized spacial score (nSPS) is 13.4. The number of hydrogen-bond acceptors (Lipinski definition) is 3. The summed E-state index contributed by atoms with van der Waals surface area (Å²) in [5.41, 5.74) is 1.17. The van der Waals surface area contributed by atoms with Crippen molar-refractivity contribution in [1.29, 1.82) is 0 Å². The summed E-state index contributed by atoms with van der Waals surface area (Å²) in [6.45, 7) is 1.92. The average molecular weight is 300 g/mol. The average Bonchev–Trinajstić information content (AvgIpc) is 2.81. The molecule has 1 atom stereocenters. The van der Waals surface area contributed by atoms with E-state index in [1.807, 2.05) is 12.3 Å². The summed E-state index contributed by atoms with van der Waals surface area (Å²) in [7, 11) is 1.79. The first-order valence-corrected chi connectivity index (χ1v) is 7.03. The smallest absolute Gasteiger partial charge is 0.313 e. The molecule has 1 N–H and O–H groups in total. The second-order valence-corrected chi connectivity index (χ2v) is 5.49. The molecule has 0 aliphatic carbocycles. The zero-order valence-corrected chi connectivity index (χ0v) is 12.0. The van der Waals surface area contributed by atoms with Gasteiger partial charge in [-0.3, -0.25) is 0 Å². The molecule has 1 aromatic carbocycles. The molecular formula is C14H15F3N2S. The van der Waals surface area contributed by atoms with E-state index in [2.05, 4.69) is 10.3 Å². The standard InChI is InChI=1S/C14H15F3N2S/c1-9-8-20-13(19-9)7-12(18-2)10-3-5-11(6-4-10)14(15,16)17/h3-6,8,12,18H,7H2,1-2H3. The lowest BCUT2D eigenvalue weighted by Crippen LogP contribution is -2.19. The third-order valence-electron chi connectivity index (χ3n) is 3.03. The molecule has 0 aliphatic rings. The molecule has 20 heavy (non-hydrogen) atoms. The van der Waals surface area contributed by atoms with E-state index in [9.17, 15) is 13.2 Å². The highest BCUT2D eigenvalue weighted by Crippen LogP contribution is 2.30. The highest BCUT2D eigenvalue weighted by Gasteiger charge is 2.30.